The lowest BCUT2D eigenvalue weighted by atomic mass is 10.0. The van der Waals surface area contributed by atoms with Crippen LogP contribution < -0.4 is 19.5 Å². The lowest BCUT2D eigenvalue weighted by Crippen LogP contribution is -2.28. The number of carbonyl (C=O) groups excluding carboxylic acids is 1. The molecule has 0 atom stereocenters. The molecule has 5 heteroatoms. The lowest BCUT2D eigenvalue weighted by Gasteiger charge is -2.11. The van der Waals surface area contributed by atoms with Gasteiger partial charge in [-0.1, -0.05) is 26.0 Å². The van der Waals surface area contributed by atoms with E-state index in [-0.39, 0.29) is 5.91 Å². The van der Waals surface area contributed by atoms with Crippen molar-refractivity contribution in [3.8, 4) is 17.2 Å². The summed E-state index contributed by atoms with van der Waals surface area (Å²) in [6.45, 7) is 5.10. The Bertz CT molecular complexity index is 713. The Hall–Kier alpha value is -2.69. The van der Waals surface area contributed by atoms with Crippen LogP contribution in [0.5, 0.6) is 17.2 Å². The summed E-state index contributed by atoms with van der Waals surface area (Å²) in [5, 5.41) is 2.84. The maximum atomic E-state index is 12.2. The maximum Gasteiger partial charge on any atom is 0.251 e. The fraction of sp³-hybridized carbons (Fsp3) is 0.350. The molecule has 0 spiro atoms. The van der Waals surface area contributed by atoms with E-state index in [0.717, 1.165) is 5.75 Å². The molecular formula is C20H25NO4. The van der Waals surface area contributed by atoms with Crippen LogP contribution in [0.15, 0.2) is 42.5 Å². The molecular weight excluding hydrogens is 318 g/mol. The predicted octanol–water partition coefficient (Wildman–Crippen LogP) is 3.64. The molecule has 134 valence electrons. The predicted molar refractivity (Wildman–Crippen MR) is 97.9 cm³/mol. The van der Waals surface area contributed by atoms with Crippen LogP contribution in [-0.2, 0) is 0 Å². The zero-order valence-corrected chi connectivity index (χ0v) is 15.2. The van der Waals surface area contributed by atoms with Gasteiger partial charge in [0, 0.05) is 5.56 Å². The van der Waals surface area contributed by atoms with Gasteiger partial charge in [0.25, 0.3) is 5.91 Å². The molecule has 2 aromatic rings. The molecule has 0 radical (unpaired) electrons. The van der Waals surface area contributed by atoms with Crippen molar-refractivity contribution >= 4 is 5.91 Å². The second-order valence-electron chi connectivity index (χ2n) is 5.90. The number of benzene rings is 2. The zero-order valence-electron chi connectivity index (χ0n) is 15.2. The Labute approximate surface area is 148 Å². The Morgan fingerprint density at radius 1 is 1.04 bits per heavy atom. The van der Waals surface area contributed by atoms with Gasteiger partial charge in [0.05, 0.1) is 20.8 Å². The van der Waals surface area contributed by atoms with Crippen LogP contribution in [0.4, 0.5) is 0 Å². The Morgan fingerprint density at radius 3 is 2.48 bits per heavy atom. The van der Waals surface area contributed by atoms with Crippen molar-refractivity contribution in [2.75, 3.05) is 27.4 Å². The summed E-state index contributed by atoms with van der Waals surface area (Å²) < 4.78 is 16.1. The highest BCUT2D eigenvalue weighted by Gasteiger charge is 2.10. The molecule has 0 saturated carbocycles. The third-order valence-electron chi connectivity index (χ3n) is 3.83. The monoisotopic (exact) mass is 343 g/mol. The lowest BCUT2D eigenvalue weighted by molar-refractivity contribution is 0.0946. The minimum absolute atomic E-state index is 0.180. The van der Waals surface area contributed by atoms with E-state index in [4.69, 9.17) is 14.2 Å². The van der Waals surface area contributed by atoms with E-state index < -0.39 is 0 Å². The fourth-order valence-corrected chi connectivity index (χ4v) is 2.38. The van der Waals surface area contributed by atoms with Gasteiger partial charge in [-0.15, -0.1) is 0 Å². The first-order chi connectivity index (χ1) is 12.0. The number of hydrogen-bond acceptors (Lipinski definition) is 4. The number of amides is 1. The summed E-state index contributed by atoms with van der Waals surface area (Å²) in [6.07, 6.45) is 0. The van der Waals surface area contributed by atoms with Crippen LogP contribution in [0.3, 0.4) is 0 Å². The van der Waals surface area contributed by atoms with Crippen LogP contribution in [0.1, 0.15) is 35.7 Å². The van der Waals surface area contributed by atoms with Crippen LogP contribution in [0.25, 0.3) is 0 Å². The van der Waals surface area contributed by atoms with Crippen molar-refractivity contribution < 1.29 is 19.0 Å². The minimum atomic E-state index is -0.180. The number of rotatable bonds is 8. The van der Waals surface area contributed by atoms with Crippen LogP contribution in [0, 0.1) is 0 Å². The molecule has 2 rings (SSSR count). The highest BCUT2D eigenvalue weighted by atomic mass is 16.5. The SMILES string of the molecule is COc1ccc(C(=O)NCCOc2cccc(C(C)C)c2)cc1OC. The average Bonchev–Trinajstić information content (AvgIpc) is 2.64. The molecule has 25 heavy (non-hydrogen) atoms. The number of nitrogens with one attached hydrogen (secondary N) is 1. The molecule has 0 fully saturated rings. The largest absolute Gasteiger partial charge is 0.493 e. The number of methoxy groups -OCH3 is 2. The highest BCUT2D eigenvalue weighted by Crippen LogP contribution is 2.27. The van der Waals surface area contributed by atoms with Crippen molar-refractivity contribution in [1.82, 2.24) is 5.32 Å². The van der Waals surface area contributed by atoms with Crippen molar-refractivity contribution in [2.45, 2.75) is 19.8 Å². The Balaban J connectivity index is 1.85. The van der Waals surface area contributed by atoms with Gasteiger partial charge in [-0.05, 0) is 41.8 Å². The summed E-state index contributed by atoms with van der Waals surface area (Å²) in [5.74, 6) is 2.20. The topological polar surface area (TPSA) is 56.8 Å². The minimum Gasteiger partial charge on any atom is -0.493 e. The Kier molecular flexibility index (Phi) is 6.69. The maximum absolute atomic E-state index is 12.2. The van der Waals surface area contributed by atoms with Gasteiger partial charge in [-0.25, -0.2) is 0 Å². The first kappa shape index (κ1) is 18.6. The van der Waals surface area contributed by atoms with Crippen LogP contribution >= 0.6 is 0 Å². The molecule has 0 aromatic heterocycles. The molecule has 0 aliphatic heterocycles. The smallest absolute Gasteiger partial charge is 0.251 e. The zero-order chi connectivity index (χ0) is 18.2. The number of hydrogen-bond donors (Lipinski definition) is 1. The quantitative estimate of drug-likeness (QED) is 0.744. The summed E-state index contributed by atoms with van der Waals surface area (Å²) in [6, 6.07) is 13.1. The van der Waals surface area contributed by atoms with Crippen molar-refractivity contribution in [3.63, 3.8) is 0 Å². The number of ether oxygens (including phenoxy) is 3. The van der Waals surface area contributed by atoms with Crippen molar-refractivity contribution in [3.05, 3.63) is 53.6 Å². The molecule has 1 N–H and O–H groups in total. The standard InChI is InChI=1S/C20H25NO4/c1-14(2)15-6-5-7-17(12-15)25-11-10-21-20(22)16-8-9-18(23-3)19(13-16)24-4/h5-9,12-14H,10-11H2,1-4H3,(H,21,22). The van der Waals surface area contributed by atoms with Crippen LogP contribution in [-0.4, -0.2) is 33.3 Å². The van der Waals surface area contributed by atoms with E-state index in [1.54, 1.807) is 32.4 Å². The highest BCUT2D eigenvalue weighted by molar-refractivity contribution is 5.94. The third-order valence-corrected chi connectivity index (χ3v) is 3.83. The average molecular weight is 343 g/mol. The van der Waals surface area contributed by atoms with Gasteiger partial charge >= 0.3 is 0 Å². The molecule has 0 aliphatic carbocycles. The fourth-order valence-electron chi connectivity index (χ4n) is 2.38. The molecule has 1 amide bonds. The van der Waals surface area contributed by atoms with E-state index in [9.17, 15) is 4.79 Å². The van der Waals surface area contributed by atoms with Gasteiger partial charge in [0.15, 0.2) is 11.5 Å². The van der Waals surface area contributed by atoms with Gasteiger partial charge in [-0.3, -0.25) is 4.79 Å². The molecule has 0 bridgehead atoms. The van der Waals surface area contributed by atoms with Crippen LogP contribution in [0.2, 0.25) is 0 Å². The van der Waals surface area contributed by atoms with E-state index in [0.29, 0.717) is 36.1 Å². The second-order valence-corrected chi connectivity index (χ2v) is 5.90. The second kappa shape index (κ2) is 8.97. The molecule has 5 nitrogen and oxygen atoms in total. The first-order valence-electron chi connectivity index (χ1n) is 8.28. The van der Waals surface area contributed by atoms with Gasteiger partial charge in [0.1, 0.15) is 12.4 Å². The first-order valence-corrected chi connectivity index (χ1v) is 8.28. The Morgan fingerprint density at radius 2 is 1.80 bits per heavy atom. The van der Waals surface area contributed by atoms with E-state index >= 15 is 0 Å². The van der Waals surface area contributed by atoms with Crippen molar-refractivity contribution in [1.29, 1.82) is 0 Å². The normalized spacial score (nSPS) is 10.4. The summed E-state index contributed by atoms with van der Waals surface area (Å²) in [5.41, 5.74) is 1.74. The van der Waals surface area contributed by atoms with E-state index in [2.05, 4.69) is 25.2 Å². The third kappa shape index (κ3) is 5.14. The molecule has 2 aromatic carbocycles. The van der Waals surface area contributed by atoms with Gasteiger partial charge in [-0.2, -0.15) is 0 Å². The van der Waals surface area contributed by atoms with E-state index in [1.807, 2.05) is 18.2 Å². The van der Waals surface area contributed by atoms with Gasteiger partial charge < -0.3 is 19.5 Å². The number of carbonyl (C=O) groups is 1. The van der Waals surface area contributed by atoms with Gasteiger partial charge in [0.2, 0.25) is 0 Å². The molecule has 0 unspecified atom stereocenters. The molecule has 0 heterocycles. The molecule has 0 saturated heterocycles. The summed E-state index contributed by atoms with van der Waals surface area (Å²) in [7, 11) is 3.10. The molecule has 0 aliphatic rings. The summed E-state index contributed by atoms with van der Waals surface area (Å²) in [4.78, 5) is 12.2. The van der Waals surface area contributed by atoms with E-state index in [1.165, 1.54) is 5.56 Å². The van der Waals surface area contributed by atoms with Crippen molar-refractivity contribution in [2.24, 2.45) is 0 Å². The summed E-state index contributed by atoms with van der Waals surface area (Å²) >= 11 is 0.